The van der Waals surface area contributed by atoms with Gasteiger partial charge in [-0.25, -0.2) is 13.1 Å². The van der Waals surface area contributed by atoms with Gasteiger partial charge in [-0.1, -0.05) is 5.16 Å². The molecule has 1 aromatic heterocycles. The number of sulfonamides is 1. The Balaban J connectivity index is 1.58. The van der Waals surface area contributed by atoms with Crippen LogP contribution >= 0.6 is 0 Å². The van der Waals surface area contributed by atoms with E-state index in [0.29, 0.717) is 19.7 Å². The molecule has 2 aliphatic rings. The molecule has 0 radical (unpaired) electrons. The number of carbonyl (C=O) groups is 1. The maximum atomic E-state index is 12.2. The lowest BCUT2D eigenvalue weighted by Crippen LogP contribution is -2.46. The Kier molecular flexibility index (Phi) is 4.20. The van der Waals surface area contributed by atoms with E-state index < -0.39 is 10.0 Å². The molecule has 1 amide bonds. The Labute approximate surface area is 128 Å². The number of hydrogen-bond donors (Lipinski definition) is 1. The monoisotopic (exact) mass is 329 g/mol. The summed E-state index contributed by atoms with van der Waals surface area (Å²) in [4.78, 5) is 14.0. The van der Waals surface area contributed by atoms with Gasteiger partial charge in [0.15, 0.2) is 0 Å². The largest absolute Gasteiger partial charge is 0.376 e. The molecule has 3 atom stereocenters. The molecule has 1 N–H and O–H groups in total. The van der Waals surface area contributed by atoms with Crippen LogP contribution in [0.4, 0.5) is 0 Å². The molecule has 8 nitrogen and oxygen atoms in total. The lowest BCUT2D eigenvalue weighted by molar-refractivity contribution is 0.0578. The molecule has 0 aliphatic carbocycles. The Morgan fingerprint density at radius 1 is 1.55 bits per heavy atom. The van der Waals surface area contributed by atoms with Crippen LogP contribution in [0.5, 0.6) is 0 Å². The fourth-order valence-electron chi connectivity index (χ4n) is 3.20. The van der Waals surface area contributed by atoms with Gasteiger partial charge < -0.3 is 14.2 Å². The van der Waals surface area contributed by atoms with Gasteiger partial charge in [0.2, 0.25) is 15.8 Å². The molecule has 0 saturated carbocycles. The van der Waals surface area contributed by atoms with Crippen molar-refractivity contribution in [1.82, 2.24) is 14.8 Å². The Morgan fingerprint density at radius 3 is 3.05 bits per heavy atom. The maximum absolute atomic E-state index is 12.2. The van der Waals surface area contributed by atoms with E-state index in [1.165, 1.54) is 6.20 Å². The van der Waals surface area contributed by atoms with Gasteiger partial charge in [-0.15, -0.1) is 0 Å². The van der Waals surface area contributed by atoms with Crippen molar-refractivity contribution in [2.75, 3.05) is 32.5 Å². The molecule has 0 bridgehead atoms. The minimum Gasteiger partial charge on any atom is -0.376 e. The van der Waals surface area contributed by atoms with Crippen LogP contribution in [-0.4, -0.2) is 63.0 Å². The molecule has 0 unspecified atom stereocenters. The van der Waals surface area contributed by atoms with Crippen LogP contribution in [-0.2, 0) is 14.8 Å². The normalized spacial score (nSPS) is 28.6. The van der Waals surface area contributed by atoms with Crippen molar-refractivity contribution in [3.05, 3.63) is 18.0 Å². The van der Waals surface area contributed by atoms with Gasteiger partial charge in [0, 0.05) is 31.6 Å². The number of hydrogen-bond acceptors (Lipinski definition) is 6. The molecule has 2 aliphatic heterocycles. The van der Waals surface area contributed by atoms with E-state index in [9.17, 15) is 13.2 Å². The Bertz CT molecular complexity index is 630. The van der Waals surface area contributed by atoms with Crippen LogP contribution in [0.1, 0.15) is 17.0 Å². The number of nitrogens with zero attached hydrogens (tertiary/aromatic N) is 2. The standard InChI is InChI=1S/C13H19N3O5S/c1-22(18,19)15-6-12-10-3-5-16(7-9(10)8-20-12)13(17)11-2-4-14-21-11/h2,4,9-10,12,15H,3,5-8H2,1H3/t9-,10-,12+/m1/s1. The van der Waals surface area contributed by atoms with Gasteiger partial charge in [-0.05, 0) is 12.3 Å². The summed E-state index contributed by atoms with van der Waals surface area (Å²) in [5.74, 6) is 0.585. The second-order valence-corrected chi connectivity index (χ2v) is 7.67. The van der Waals surface area contributed by atoms with Gasteiger partial charge in [0.25, 0.3) is 5.91 Å². The van der Waals surface area contributed by atoms with Crippen molar-refractivity contribution >= 4 is 15.9 Å². The van der Waals surface area contributed by atoms with Crippen LogP contribution in [0.25, 0.3) is 0 Å². The van der Waals surface area contributed by atoms with Crippen LogP contribution in [0, 0.1) is 11.8 Å². The molecule has 3 rings (SSSR count). The zero-order chi connectivity index (χ0) is 15.7. The van der Waals surface area contributed by atoms with E-state index >= 15 is 0 Å². The summed E-state index contributed by atoms with van der Waals surface area (Å²) in [6.45, 7) is 2.04. The highest BCUT2D eigenvalue weighted by molar-refractivity contribution is 7.88. The van der Waals surface area contributed by atoms with Crippen molar-refractivity contribution < 1.29 is 22.5 Å². The number of ether oxygens (including phenoxy) is 1. The highest BCUT2D eigenvalue weighted by Gasteiger charge is 2.42. The van der Waals surface area contributed by atoms with Crippen molar-refractivity contribution in [1.29, 1.82) is 0 Å². The average Bonchev–Trinajstić information content (AvgIpc) is 3.12. The molecule has 2 saturated heterocycles. The molecule has 2 fully saturated rings. The number of carbonyl (C=O) groups excluding carboxylic acids is 1. The maximum Gasteiger partial charge on any atom is 0.292 e. The van der Waals surface area contributed by atoms with Crippen LogP contribution in [0.15, 0.2) is 16.8 Å². The van der Waals surface area contributed by atoms with Crippen molar-refractivity contribution in [2.45, 2.75) is 12.5 Å². The molecular formula is C13H19N3O5S. The first kappa shape index (κ1) is 15.4. The van der Waals surface area contributed by atoms with E-state index in [2.05, 4.69) is 9.88 Å². The summed E-state index contributed by atoms with van der Waals surface area (Å²) in [5, 5.41) is 3.55. The Hall–Kier alpha value is -1.45. The second kappa shape index (κ2) is 5.98. The predicted octanol–water partition coefficient (Wildman–Crippen LogP) is -0.299. The number of amides is 1. The molecule has 122 valence electrons. The summed E-state index contributed by atoms with van der Waals surface area (Å²) < 4.78 is 35.5. The first-order valence-electron chi connectivity index (χ1n) is 7.20. The van der Waals surface area contributed by atoms with Crippen LogP contribution < -0.4 is 4.72 Å². The van der Waals surface area contributed by atoms with Gasteiger partial charge >= 0.3 is 0 Å². The number of likely N-dealkylation sites (tertiary alicyclic amines) is 1. The van der Waals surface area contributed by atoms with Crippen molar-refractivity contribution in [2.24, 2.45) is 11.8 Å². The predicted molar refractivity (Wildman–Crippen MR) is 76.6 cm³/mol. The molecule has 0 aromatic carbocycles. The third kappa shape index (κ3) is 3.31. The second-order valence-electron chi connectivity index (χ2n) is 5.83. The van der Waals surface area contributed by atoms with E-state index in [0.717, 1.165) is 12.7 Å². The number of nitrogens with one attached hydrogen (secondary N) is 1. The molecular weight excluding hydrogens is 310 g/mol. The third-order valence-corrected chi connectivity index (χ3v) is 4.97. The first-order valence-corrected chi connectivity index (χ1v) is 9.09. The van der Waals surface area contributed by atoms with Gasteiger partial charge in [0.05, 0.1) is 25.2 Å². The molecule has 1 aromatic rings. The lowest BCUT2D eigenvalue weighted by atomic mass is 9.84. The summed E-state index contributed by atoms with van der Waals surface area (Å²) in [5.41, 5.74) is 0. The summed E-state index contributed by atoms with van der Waals surface area (Å²) in [7, 11) is -3.22. The molecule has 22 heavy (non-hydrogen) atoms. The SMILES string of the molecule is CS(=O)(=O)NC[C@@H]1OC[C@H]2CN(C(=O)c3ccno3)CC[C@H]21. The zero-order valence-electron chi connectivity index (χ0n) is 12.3. The van der Waals surface area contributed by atoms with E-state index in [1.807, 2.05) is 0 Å². The first-order chi connectivity index (χ1) is 10.4. The molecule has 9 heteroatoms. The quantitative estimate of drug-likeness (QED) is 0.814. The van der Waals surface area contributed by atoms with E-state index in [4.69, 9.17) is 9.26 Å². The smallest absolute Gasteiger partial charge is 0.292 e. The summed E-state index contributed by atoms with van der Waals surface area (Å²) >= 11 is 0. The number of rotatable bonds is 4. The molecule has 0 spiro atoms. The van der Waals surface area contributed by atoms with Crippen molar-refractivity contribution in [3.63, 3.8) is 0 Å². The average molecular weight is 329 g/mol. The highest BCUT2D eigenvalue weighted by atomic mass is 32.2. The highest BCUT2D eigenvalue weighted by Crippen LogP contribution is 2.34. The lowest BCUT2D eigenvalue weighted by Gasteiger charge is -2.35. The fraction of sp³-hybridized carbons (Fsp3) is 0.692. The minimum absolute atomic E-state index is 0.123. The number of aromatic nitrogens is 1. The van der Waals surface area contributed by atoms with Gasteiger partial charge in [-0.2, -0.15) is 0 Å². The summed E-state index contributed by atoms with van der Waals surface area (Å²) in [6, 6.07) is 1.55. The number of fused-ring (bicyclic) bond motifs is 1. The minimum atomic E-state index is -3.22. The van der Waals surface area contributed by atoms with Crippen molar-refractivity contribution in [3.8, 4) is 0 Å². The Morgan fingerprint density at radius 2 is 2.36 bits per heavy atom. The molecule has 3 heterocycles. The topological polar surface area (TPSA) is 102 Å². The van der Waals surface area contributed by atoms with Gasteiger partial charge in [0.1, 0.15) is 0 Å². The van der Waals surface area contributed by atoms with Crippen LogP contribution in [0.3, 0.4) is 0 Å². The zero-order valence-corrected chi connectivity index (χ0v) is 13.1. The summed E-state index contributed by atoms with van der Waals surface area (Å²) in [6.07, 6.45) is 3.26. The van der Waals surface area contributed by atoms with E-state index in [1.54, 1.807) is 11.0 Å². The third-order valence-electron chi connectivity index (χ3n) is 4.28. The number of piperidine rings is 1. The van der Waals surface area contributed by atoms with Gasteiger partial charge in [-0.3, -0.25) is 4.79 Å². The van der Waals surface area contributed by atoms with Crippen LogP contribution in [0.2, 0.25) is 0 Å². The fourth-order valence-corrected chi connectivity index (χ4v) is 3.66. The van der Waals surface area contributed by atoms with E-state index in [-0.39, 0.29) is 36.2 Å².